The van der Waals surface area contributed by atoms with Gasteiger partial charge < -0.3 is 14.1 Å². The van der Waals surface area contributed by atoms with Gasteiger partial charge in [-0.3, -0.25) is 9.69 Å². The van der Waals surface area contributed by atoms with E-state index in [4.69, 9.17) is 9.15 Å². The van der Waals surface area contributed by atoms with Crippen LogP contribution in [0.2, 0.25) is 0 Å². The van der Waals surface area contributed by atoms with Gasteiger partial charge in [-0.25, -0.2) is 0 Å². The number of carbonyl (C=O) groups excluding carboxylic acids is 1. The zero-order chi connectivity index (χ0) is 17.4. The SMILES string of the molecule is COC[C@@H]1C(=O)N(CC2CC2)CC12CCN(Cc1ccc(C)o1)CC2. The average molecular weight is 346 g/mol. The van der Waals surface area contributed by atoms with Crippen LogP contribution >= 0.6 is 0 Å². The Hall–Kier alpha value is -1.33. The van der Waals surface area contributed by atoms with E-state index in [-0.39, 0.29) is 11.3 Å². The predicted molar refractivity (Wildman–Crippen MR) is 95.1 cm³/mol. The van der Waals surface area contributed by atoms with Gasteiger partial charge in [0.05, 0.1) is 19.1 Å². The second kappa shape index (κ2) is 6.76. The monoisotopic (exact) mass is 346 g/mol. The normalized spacial score (nSPS) is 26.7. The molecule has 1 aromatic heterocycles. The number of piperidine rings is 1. The Balaban J connectivity index is 1.41. The van der Waals surface area contributed by atoms with Crippen molar-refractivity contribution in [2.45, 2.75) is 39.2 Å². The summed E-state index contributed by atoms with van der Waals surface area (Å²) in [6, 6.07) is 4.10. The summed E-state index contributed by atoms with van der Waals surface area (Å²) < 4.78 is 11.2. The maximum absolute atomic E-state index is 12.9. The summed E-state index contributed by atoms with van der Waals surface area (Å²) in [7, 11) is 1.72. The van der Waals surface area contributed by atoms with Gasteiger partial charge in [0, 0.05) is 25.6 Å². The lowest BCUT2D eigenvalue weighted by Crippen LogP contribution is -2.45. The highest BCUT2D eigenvalue weighted by atomic mass is 16.5. The summed E-state index contributed by atoms with van der Waals surface area (Å²) in [6.45, 7) is 7.40. The van der Waals surface area contributed by atoms with Crippen molar-refractivity contribution in [2.24, 2.45) is 17.3 Å². The Morgan fingerprint density at radius 1 is 1.28 bits per heavy atom. The zero-order valence-electron chi connectivity index (χ0n) is 15.5. The fourth-order valence-electron chi connectivity index (χ4n) is 4.69. The second-order valence-corrected chi connectivity index (χ2v) is 8.32. The summed E-state index contributed by atoms with van der Waals surface area (Å²) in [5.41, 5.74) is 0.109. The van der Waals surface area contributed by atoms with Crippen molar-refractivity contribution in [3.05, 3.63) is 23.7 Å². The van der Waals surface area contributed by atoms with Crippen LogP contribution in [0.15, 0.2) is 16.5 Å². The minimum atomic E-state index is 0.0456. The van der Waals surface area contributed by atoms with Crippen LogP contribution in [0.5, 0.6) is 0 Å². The fraction of sp³-hybridized carbons (Fsp3) is 0.750. The van der Waals surface area contributed by atoms with Crippen molar-refractivity contribution >= 4 is 5.91 Å². The Morgan fingerprint density at radius 2 is 2.04 bits per heavy atom. The van der Waals surface area contributed by atoms with Crippen molar-refractivity contribution in [2.75, 3.05) is 39.9 Å². The molecule has 3 aliphatic rings. The van der Waals surface area contributed by atoms with Gasteiger partial charge in [0.1, 0.15) is 11.5 Å². The first-order valence-electron chi connectivity index (χ1n) is 9.65. The number of methoxy groups -OCH3 is 1. The van der Waals surface area contributed by atoms with Crippen molar-refractivity contribution in [3.63, 3.8) is 0 Å². The third kappa shape index (κ3) is 3.49. The molecule has 25 heavy (non-hydrogen) atoms. The molecule has 0 bridgehead atoms. The van der Waals surface area contributed by atoms with E-state index in [0.717, 1.165) is 63.0 Å². The first kappa shape index (κ1) is 17.1. The number of amides is 1. The van der Waals surface area contributed by atoms with E-state index in [1.165, 1.54) is 12.8 Å². The Morgan fingerprint density at radius 3 is 2.64 bits per heavy atom. The molecule has 3 heterocycles. The molecule has 3 fully saturated rings. The van der Waals surface area contributed by atoms with Gasteiger partial charge in [-0.15, -0.1) is 0 Å². The van der Waals surface area contributed by atoms with Gasteiger partial charge in [0.2, 0.25) is 5.91 Å². The molecule has 4 rings (SSSR count). The quantitative estimate of drug-likeness (QED) is 0.794. The molecule has 1 aliphatic carbocycles. The lowest BCUT2D eigenvalue weighted by Gasteiger charge is -2.41. The smallest absolute Gasteiger partial charge is 0.228 e. The molecule has 2 aliphatic heterocycles. The maximum Gasteiger partial charge on any atom is 0.228 e. The summed E-state index contributed by atoms with van der Waals surface area (Å²) >= 11 is 0. The van der Waals surface area contributed by atoms with Crippen LogP contribution in [0.1, 0.15) is 37.2 Å². The van der Waals surface area contributed by atoms with E-state index < -0.39 is 0 Å². The van der Waals surface area contributed by atoms with Gasteiger partial charge in [-0.05, 0) is 63.7 Å². The van der Waals surface area contributed by atoms with Crippen molar-refractivity contribution < 1.29 is 13.9 Å². The molecule has 1 atom stereocenters. The van der Waals surface area contributed by atoms with Crippen molar-refractivity contribution in [1.82, 2.24) is 9.80 Å². The average Bonchev–Trinajstić information content (AvgIpc) is 3.27. The molecule has 1 amide bonds. The topological polar surface area (TPSA) is 45.9 Å². The van der Waals surface area contributed by atoms with Crippen LogP contribution in [-0.4, -0.2) is 55.6 Å². The minimum absolute atomic E-state index is 0.0456. The van der Waals surface area contributed by atoms with E-state index >= 15 is 0 Å². The Bertz CT molecular complexity index is 614. The van der Waals surface area contributed by atoms with E-state index in [1.807, 2.05) is 13.0 Å². The number of ether oxygens (including phenoxy) is 1. The molecule has 138 valence electrons. The standard InChI is InChI=1S/C20H30N2O3/c1-15-3-6-17(25-15)12-21-9-7-20(8-10-21)14-22(11-16-4-5-16)19(23)18(20)13-24-2/h3,6,16,18H,4-5,7-14H2,1-2H3/t18-/m1/s1. The molecule has 1 saturated carbocycles. The minimum Gasteiger partial charge on any atom is -0.465 e. The Labute approximate surface area is 150 Å². The highest BCUT2D eigenvalue weighted by Gasteiger charge is 2.53. The van der Waals surface area contributed by atoms with Gasteiger partial charge in [-0.2, -0.15) is 0 Å². The van der Waals surface area contributed by atoms with E-state index in [0.29, 0.717) is 12.5 Å². The maximum atomic E-state index is 12.9. The van der Waals surface area contributed by atoms with Crippen LogP contribution in [0.4, 0.5) is 0 Å². The summed E-state index contributed by atoms with van der Waals surface area (Å²) in [5.74, 6) is 3.15. The second-order valence-electron chi connectivity index (χ2n) is 8.32. The molecule has 0 N–H and O–H groups in total. The predicted octanol–water partition coefficient (Wildman–Crippen LogP) is 2.69. The molecule has 2 saturated heterocycles. The van der Waals surface area contributed by atoms with E-state index in [9.17, 15) is 4.79 Å². The first-order chi connectivity index (χ1) is 12.1. The number of furan rings is 1. The van der Waals surface area contributed by atoms with Gasteiger partial charge in [-0.1, -0.05) is 0 Å². The van der Waals surface area contributed by atoms with Crippen molar-refractivity contribution in [3.8, 4) is 0 Å². The molecule has 0 aromatic carbocycles. The summed E-state index contributed by atoms with van der Waals surface area (Å²) in [5, 5.41) is 0. The van der Waals surface area contributed by atoms with Crippen molar-refractivity contribution in [1.29, 1.82) is 0 Å². The molecule has 0 radical (unpaired) electrons. The zero-order valence-corrected chi connectivity index (χ0v) is 15.5. The number of hydrogen-bond acceptors (Lipinski definition) is 4. The highest BCUT2D eigenvalue weighted by Crippen LogP contribution is 2.47. The van der Waals surface area contributed by atoms with Crippen LogP contribution in [0, 0.1) is 24.2 Å². The van der Waals surface area contributed by atoms with Crippen LogP contribution < -0.4 is 0 Å². The van der Waals surface area contributed by atoms with Crippen LogP contribution in [0.25, 0.3) is 0 Å². The molecular weight excluding hydrogens is 316 g/mol. The Kier molecular flexibility index (Phi) is 4.63. The van der Waals surface area contributed by atoms with Crippen LogP contribution in [0.3, 0.4) is 0 Å². The summed E-state index contributed by atoms with van der Waals surface area (Å²) in [6.07, 6.45) is 4.74. The molecule has 5 nitrogen and oxygen atoms in total. The van der Waals surface area contributed by atoms with Gasteiger partial charge in [0.25, 0.3) is 0 Å². The van der Waals surface area contributed by atoms with Crippen LogP contribution in [-0.2, 0) is 16.1 Å². The van der Waals surface area contributed by atoms with E-state index in [1.54, 1.807) is 7.11 Å². The molecule has 1 spiro atoms. The number of carbonyl (C=O) groups is 1. The molecule has 0 unspecified atom stereocenters. The largest absolute Gasteiger partial charge is 0.465 e. The number of likely N-dealkylation sites (tertiary alicyclic amines) is 2. The lowest BCUT2D eigenvalue weighted by atomic mass is 9.71. The molecule has 5 heteroatoms. The fourth-order valence-corrected chi connectivity index (χ4v) is 4.69. The van der Waals surface area contributed by atoms with Gasteiger partial charge in [0.15, 0.2) is 0 Å². The lowest BCUT2D eigenvalue weighted by molar-refractivity contribution is -0.133. The van der Waals surface area contributed by atoms with E-state index in [2.05, 4.69) is 15.9 Å². The number of rotatable bonds is 6. The highest BCUT2D eigenvalue weighted by molar-refractivity contribution is 5.82. The third-order valence-corrected chi connectivity index (χ3v) is 6.39. The molecular formula is C20H30N2O3. The molecule has 1 aromatic rings. The number of aryl methyl sites for hydroxylation is 1. The van der Waals surface area contributed by atoms with Gasteiger partial charge >= 0.3 is 0 Å². The number of nitrogens with zero attached hydrogens (tertiary/aromatic N) is 2. The number of hydrogen-bond donors (Lipinski definition) is 0. The summed E-state index contributed by atoms with van der Waals surface area (Å²) in [4.78, 5) is 17.5. The third-order valence-electron chi connectivity index (χ3n) is 6.39. The first-order valence-corrected chi connectivity index (χ1v) is 9.65.